The Kier molecular flexibility index (Phi) is 6.68. The maximum atomic E-state index is 6.15. The van der Waals surface area contributed by atoms with Crippen LogP contribution in [-0.4, -0.2) is 37.2 Å². The van der Waals surface area contributed by atoms with Crippen molar-refractivity contribution >= 4 is 0 Å². The van der Waals surface area contributed by atoms with E-state index in [9.17, 15) is 0 Å². The molecule has 2 heteroatoms. The SMILES string of the molecule is CC(C)(C)CCOC1CC2(CCN(CC3CCC(C(C)(C)C)CC3)CC2)C1. The van der Waals surface area contributed by atoms with E-state index in [0.717, 1.165) is 18.4 Å². The lowest BCUT2D eigenvalue weighted by Crippen LogP contribution is -2.50. The molecular formula is C25H47NO. The number of nitrogens with zero attached hydrogens (tertiary/aromatic N) is 1. The molecule has 1 spiro atoms. The molecule has 0 aromatic carbocycles. The summed E-state index contributed by atoms with van der Waals surface area (Å²) < 4.78 is 6.15. The van der Waals surface area contributed by atoms with Gasteiger partial charge in [0.15, 0.2) is 0 Å². The molecule has 0 atom stereocenters. The van der Waals surface area contributed by atoms with Crippen molar-refractivity contribution in [1.29, 1.82) is 0 Å². The number of likely N-dealkylation sites (tertiary alicyclic amines) is 1. The second kappa shape index (κ2) is 8.34. The zero-order valence-electron chi connectivity index (χ0n) is 19.3. The Morgan fingerprint density at radius 3 is 2.00 bits per heavy atom. The highest BCUT2D eigenvalue weighted by molar-refractivity contribution is 4.98. The summed E-state index contributed by atoms with van der Waals surface area (Å²) in [4.78, 5) is 2.79. The van der Waals surface area contributed by atoms with Crippen molar-refractivity contribution in [1.82, 2.24) is 4.90 Å². The molecule has 0 bridgehead atoms. The summed E-state index contributed by atoms with van der Waals surface area (Å²) in [7, 11) is 0. The zero-order chi connectivity index (χ0) is 19.7. The van der Waals surface area contributed by atoms with E-state index in [4.69, 9.17) is 4.74 Å². The van der Waals surface area contributed by atoms with Crippen molar-refractivity contribution in [3.05, 3.63) is 0 Å². The molecule has 3 fully saturated rings. The molecule has 1 heterocycles. The second-order valence-electron chi connectivity index (χ2n) is 12.6. The minimum absolute atomic E-state index is 0.402. The molecule has 27 heavy (non-hydrogen) atoms. The monoisotopic (exact) mass is 377 g/mol. The lowest BCUT2D eigenvalue weighted by molar-refractivity contribution is -0.109. The number of ether oxygens (including phenoxy) is 1. The average molecular weight is 378 g/mol. The van der Waals surface area contributed by atoms with E-state index in [2.05, 4.69) is 46.4 Å². The minimum atomic E-state index is 0.402. The van der Waals surface area contributed by atoms with Crippen LogP contribution in [0.5, 0.6) is 0 Å². The van der Waals surface area contributed by atoms with Gasteiger partial charge in [0.25, 0.3) is 0 Å². The lowest BCUT2D eigenvalue weighted by atomic mass is 9.61. The number of hydrogen-bond acceptors (Lipinski definition) is 2. The molecule has 2 aliphatic carbocycles. The Morgan fingerprint density at radius 2 is 1.48 bits per heavy atom. The standard InChI is InChI=1S/C25H47NO/c1-23(2,3)13-16-27-22-17-25(18-22)11-14-26(15-12-25)19-20-7-9-21(10-8-20)24(4,5)6/h20-22H,7-19H2,1-6H3. The van der Waals surface area contributed by atoms with Crippen molar-refractivity contribution < 1.29 is 4.74 Å². The zero-order valence-corrected chi connectivity index (χ0v) is 19.3. The average Bonchev–Trinajstić information content (AvgIpc) is 2.53. The minimum Gasteiger partial charge on any atom is -0.378 e. The van der Waals surface area contributed by atoms with Crippen LogP contribution in [0.1, 0.15) is 99.3 Å². The number of hydrogen-bond donors (Lipinski definition) is 0. The van der Waals surface area contributed by atoms with Gasteiger partial charge in [0.05, 0.1) is 6.10 Å². The predicted octanol–water partition coefficient (Wildman–Crippen LogP) is 6.54. The predicted molar refractivity (Wildman–Crippen MR) is 116 cm³/mol. The van der Waals surface area contributed by atoms with Gasteiger partial charge in [0.2, 0.25) is 0 Å². The summed E-state index contributed by atoms with van der Waals surface area (Å²) >= 11 is 0. The van der Waals surface area contributed by atoms with E-state index in [1.165, 1.54) is 77.4 Å². The van der Waals surface area contributed by atoms with Crippen LogP contribution in [0.4, 0.5) is 0 Å². The van der Waals surface area contributed by atoms with Crippen molar-refractivity contribution in [2.24, 2.45) is 28.1 Å². The summed E-state index contributed by atoms with van der Waals surface area (Å²) in [5.74, 6) is 1.91. The van der Waals surface area contributed by atoms with Crippen molar-refractivity contribution in [3.63, 3.8) is 0 Å². The molecule has 3 rings (SSSR count). The Hall–Kier alpha value is -0.0800. The Balaban J connectivity index is 1.30. The highest BCUT2D eigenvalue weighted by Crippen LogP contribution is 2.50. The van der Waals surface area contributed by atoms with Gasteiger partial charge in [-0.15, -0.1) is 0 Å². The second-order valence-corrected chi connectivity index (χ2v) is 12.6. The maximum Gasteiger partial charge on any atom is 0.0585 e. The molecule has 0 aromatic rings. The molecule has 2 saturated carbocycles. The number of rotatable bonds is 5. The lowest BCUT2D eigenvalue weighted by Gasteiger charge is -2.52. The van der Waals surface area contributed by atoms with Crippen molar-refractivity contribution in [2.45, 2.75) is 105 Å². The van der Waals surface area contributed by atoms with Crippen molar-refractivity contribution in [3.8, 4) is 0 Å². The Labute approximate surface area is 169 Å². The van der Waals surface area contributed by atoms with E-state index in [1.54, 1.807) is 0 Å². The van der Waals surface area contributed by atoms with Gasteiger partial charge in [-0.1, -0.05) is 41.5 Å². The molecular weight excluding hydrogens is 330 g/mol. The van der Waals surface area contributed by atoms with E-state index in [0.29, 0.717) is 22.3 Å². The van der Waals surface area contributed by atoms with Gasteiger partial charge in [0.1, 0.15) is 0 Å². The molecule has 3 aliphatic rings. The first kappa shape index (κ1) is 21.6. The maximum absolute atomic E-state index is 6.15. The van der Waals surface area contributed by atoms with Crippen LogP contribution in [0, 0.1) is 28.1 Å². The van der Waals surface area contributed by atoms with Gasteiger partial charge in [-0.2, -0.15) is 0 Å². The summed E-state index contributed by atoms with van der Waals surface area (Å²) in [5, 5.41) is 0. The van der Waals surface area contributed by atoms with Crippen LogP contribution in [-0.2, 0) is 4.74 Å². The molecule has 0 amide bonds. The van der Waals surface area contributed by atoms with Crippen LogP contribution in [0.3, 0.4) is 0 Å². The van der Waals surface area contributed by atoms with Gasteiger partial charge in [-0.05, 0) is 99.0 Å². The fourth-order valence-electron chi connectivity index (χ4n) is 5.75. The largest absolute Gasteiger partial charge is 0.378 e. The van der Waals surface area contributed by atoms with Gasteiger partial charge < -0.3 is 9.64 Å². The molecule has 158 valence electrons. The molecule has 0 N–H and O–H groups in total. The quantitative estimate of drug-likeness (QED) is 0.539. The third-order valence-corrected chi connectivity index (χ3v) is 8.03. The first-order chi connectivity index (χ1) is 12.5. The summed E-state index contributed by atoms with van der Waals surface area (Å²) in [6, 6.07) is 0. The Morgan fingerprint density at radius 1 is 0.889 bits per heavy atom. The van der Waals surface area contributed by atoms with Crippen LogP contribution in [0.25, 0.3) is 0 Å². The Bertz CT molecular complexity index is 448. The van der Waals surface area contributed by atoms with Crippen LogP contribution in [0.15, 0.2) is 0 Å². The van der Waals surface area contributed by atoms with Gasteiger partial charge in [0, 0.05) is 13.2 Å². The molecule has 1 aliphatic heterocycles. The highest BCUT2D eigenvalue weighted by atomic mass is 16.5. The van der Waals surface area contributed by atoms with E-state index in [1.807, 2.05) is 0 Å². The third kappa shape index (κ3) is 6.20. The van der Waals surface area contributed by atoms with Crippen molar-refractivity contribution in [2.75, 3.05) is 26.2 Å². The molecule has 1 saturated heterocycles. The van der Waals surface area contributed by atoms with E-state index in [-0.39, 0.29) is 0 Å². The van der Waals surface area contributed by atoms with Crippen LogP contribution in [0.2, 0.25) is 0 Å². The van der Waals surface area contributed by atoms with Crippen LogP contribution >= 0.6 is 0 Å². The number of piperidine rings is 1. The third-order valence-electron chi connectivity index (χ3n) is 8.03. The summed E-state index contributed by atoms with van der Waals surface area (Å²) in [6.07, 6.45) is 13.1. The molecule has 0 aromatic heterocycles. The molecule has 0 unspecified atom stereocenters. The fraction of sp³-hybridized carbons (Fsp3) is 1.00. The fourth-order valence-corrected chi connectivity index (χ4v) is 5.75. The topological polar surface area (TPSA) is 12.5 Å². The first-order valence-corrected chi connectivity index (χ1v) is 11.9. The first-order valence-electron chi connectivity index (χ1n) is 11.9. The summed E-state index contributed by atoms with van der Waals surface area (Å²) in [5.41, 5.74) is 1.56. The van der Waals surface area contributed by atoms with Gasteiger partial charge in [-0.25, -0.2) is 0 Å². The molecule has 0 radical (unpaired) electrons. The van der Waals surface area contributed by atoms with E-state index < -0.39 is 0 Å². The molecule has 2 nitrogen and oxygen atoms in total. The van der Waals surface area contributed by atoms with E-state index >= 15 is 0 Å². The van der Waals surface area contributed by atoms with Crippen LogP contribution < -0.4 is 0 Å². The normalized spacial score (nSPS) is 30.4. The summed E-state index contributed by atoms with van der Waals surface area (Å²) in [6.45, 7) is 19.2. The van der Waals surface area contributed by atoms with Gasteiger partial charge >= 0.3 is 0 Å². The smallest absolute Gasteiger partial charge is 0.0585 e. The van der Waals surface area contributed by atoms with Gasteiger partial charge in [-0.3, -0.25) is 0 Å². The highest BCUT2D eigenvalue weighted by Gasteiger charge is 2.46.